The van der Waals surface area contributed by atoms with Gasteiger partial charge in [0.15, 0.2) is 0 Å². The monoisotopic (exact) mass is 930 g/mol. The Balaban J connectivity index is 0.000000399. The summed E-state index contributed by atoms with van der Waals surface area (Å²) in [4.78, 5) is 68.0. The van der Waals surface area contributed by atoms with Gasteiger partial charge in [-0.3, -0.25) is 19.3 Å². The van der Waals surface area contributed by atoms with Gasteiger partial charge >= 0.3 is 0 Å². The third-order valence-corrected chi connectivity index (χ3v) is 11.3. The number of aldehydes is 2. The van der Waals surface area contributed by atoms with Crippen molar-refractivity contribution in [2.24, 2.45) is 16.4 Å². The van der Waals surface area contributed by atoms with Gasteiger partial charge in [-0.25, -0.2) is 9.97 Å². The summed E-state index contributed by atoms with van der Waals surface area (Å²) in [5, 5.41) is 14.4. The lowest BCUT2D eigenvalue weighted by molar-refractivity contribution is -0.128. The van der Waals surface area contributed by atoms with Crippen molar-refractivity contribution >= 4 is 49.0 Å². The van der Waals surface area contributed by atoms with E-state index >= 15 is 0 Å². The summed E-state index contributed by atoms with van der Waals surface area (Å²) in [6.07, 6.45) is 25.1. The van der Waals surface area contributed by atoms with Crippen molar-refractivity contribution in [3.63, 3.8) is 0 Å². The Bertz CT molecular complexity index is 2220. The second-order valence-electron chi connectivity index (χ2n) is 18.2. The van der Waals surface area contributed by atoms with Gasteiger partial charge < -0.3 is 29.0 Å². The first-order valence-corrected chi connectivity index (χ1v) is 23.6. The number of aromatic nitrogens is 3. The highest BCUT2D eigenvalue weighted by atomic mass is 16.2. The van der Waals surface area contributed by atoms with Crippen molar-refractivity contribution in [3.05, 3.63) is 83.6 Å². The first kappa shape index (κ1) is 57.6. The first-order valence-electron chi connectivity index (χ1n) is 23.6. The topological polar surface area (TPSA) is 165 Å². The van der Waals surface area contributed by atoms with Crippen molar-refractivity contribution in [1.82, 2.24) is 34.2 Å². The zero-order valence-corrected chi connectivity index (χ0v) is 42.1. The molecule has 68 heavy (non-hydrogen) atoms. The maximum Gasteiger partial charge on any atom is 0.298 e. The SMILES string of the molecule is C=Cc1c(CC(C)(C)CCC=O)c(-c2cncnc2)n(CC)c1/C=C\Cc1cccc(CCC=O)c1.CC(C)C(C(=O)C#N)N(C)C=O.CN(C)CC#CC(=O)N1CCCC1.CN1CCCC=N1. The van der Waals surface area contributed by atoms with E-state index in [0.29, 0.717) is 25.8 Å². The Kier molecular flexibility index (Phi) is 26.7. The normalized spacial score (nSPS) is 13.4. The van der Waals surface area contributed by atoms with Crippen LogP contribution in [-0.2, 0) is 49.8 Å². The fourth-order valence-electron chi connectivity index (χ4n) is 7.87. The van der Waals surface area contributed by atoms with Crippen LogP contribution < -0.4 is 0 Å². The van der Waals surface area contributed by atoms with Crippen LogP contribution in [0.2, 0.25) is 0 Å². The first-order chi connectivity index (χ1) is 32.6. The lowest BCUT2D eigenvalue weighted by atomic mass is 9.80. The number of carbonyl (C=O) groups excluding carboxylic acids is 5. The zero-order valence-electron chi connectivity index (χ0n) is 42.1. The number of allylic oxidation sites excluding steroid dienone is 1. The molecule has 0 radical (unpaired) electrons. The van der Waals surface area contributed by atoms with E-state index in [9.17, 15) is 24.0 Å². The molecule has 2 aromatic heterocycles. The number of likely N-dealkylation sites (tertiary alicyclic amines) is 1. The van der Waals surface area contributed by atoms with Crippen molar-refractivity contribution in [2.45, 2.75) is 111 Å². The van der Waals surface area contributed by atoms with Crippen molar-refractivity contribution in [2.75, 3.05) is 54.4 Å². The van der Waals surface area contributed by atoms with E-state index in [1.165, 1.54) is 41.1 Å². The minimum Gasteiger partial charge on any atom is -0.340 e. The maximum absolute atomic E-state index is 11.4. The van der Waals surface area contributed by atoms with Crippen molar-refractivity contribution in [1.29, 1.82) is 5.26 Å². The summed E-state index contributed by atoms with van der Waals surface area (Å²) in [7, 11) is 7.37. The van der Waals surface area contributed by atoms with E-state index in [1.807, 2.05) is 60.6 Å². The highest BCUT2D eigenvalue weighted by molar-refractivity contribution is 5.98. The smallest absolute Gasteiger partial charge is 0.298 e. The number of hydrazone groups is 1. The average Bonchev–Trinajstić information content (AvgIpc) is 3.98. The van der Waals surface area contributed by atoms with Gasteiger partial charge in [-0.15, -0.1) is 0 Å². The molecule has 14 heteroatoms. The Morgan fingerprint density at radius 3 is 2.19 bits per heavy atom. The van der Waals surface area contributed by atoms with E-state index in [1.54, 1.807) is 20.2 Å². The van der Waals surface area contributed by atoms with Crippen LogP contribution in [0.3, 0.4) is 0 Å². The number of hydrogen-bond donors (Lipinski definition) is 0. The fourth-order valence-corrected chi connectivity index (χ4v) is 7.87. The van der Waals surface area contributed by atoms with E-state index in [4.69, 9.17) is 5.26 Å². The standard InChI is InChI=1S/C31H37N3O2.C10H16N2O.C8H12N2O2.C5H10N2/c1-5-27-28(20-31(3,4)16-10-18-36)30(26-21-32-23-33-22-26)34(6-2)29(27)15-8-13-24-11-7-12-25(19-24)14-9-17-35;1-11(2)7-5-6-10(13)12-8-3-4-9-12;1-6(2)8(7(12)4-9)10(3)5-11;1-7-5-3-2-4-6-7/h5,7-8,11-12,15,17-19,21-23H,1,6,9-10,13-14,16,20H2,2-4H3;3-4,7-9H2,1-2H3;5-6,8H,1-3H3;4H,2-3,5H2,1H3/b15-8-;;;. The molecule has 0 aliphatic carbocycles. The summed E-state index contributed by atoms with van der Waals surface area (Å²) in [5.74, 6) is 4.88. The van der Waals surface area contributed by atoms with Crippen LogP contribution in [0.25, 0.3) is 23.4 Å². The van der Waals surface area contributed by atoms with E-state index < -0.39 is 11.8 Å². The Morgan fingerprint density at radius 1 is 0.985 bits per heavy atom. The van der Waals surface area contributed by atoms with Crippen LogP contribution in [0.1, 0.15) is 108 Å². The number of hydrogen-bond acceptors (Lipinski definition) is 11. The van der Waals surface area contributed by atoms with Gasteiger partial charge in [-0.05, 0) is 112 Å². The van der Waals surface area contributed by atoms with E-state index in [0.717, 1.165) is 106 Å². The molecule has 366 valence electrons. The number of aryl methyl sites for hydroxylation is 1. The van der Waals surface area contributed by atoms with Crippen LogP contribution in [0.4, 0.5) is 0 Å². The lowest BCUT2D eigenvalue weighted by Crippen LogP contribution is -2.40. The number of benzene rings is 1. The third kappa shape index (κ3) is 20.2. The van der Waals surface area contributed by atoms with Gasteiger partial charge in [0, 0.05) is 88.5 Å². The third-order valence-electron chi connectivity index (χ3n) is 11.3. The Labute approximate surface area is 406 Å². The largest absolute Gasteiger partial charge is 0.340 e. The van der Waals surface area contributed by atoms with Crippen molar-refractivity contribution < 1.29 is 24.0 Å². The molecule has 3 aromatic rings. The molecule has 0 spiro atoms. The quantitative estimate of drug-likeness (QED) is 0.0664. The molecule has 1 aromatic carbocycles. The van der Waals surface area contributed by atoms with E-state index in [2.05, 4.69) is 95.2 Å². The second kappa shape index (κ2) is 31.5. The Hall–Kier alpha value is -6.51. The van der Waals surface area contributed by atoms with Gasteiger partial charge in [-0.1, -0.05) is 76.6 Å². The zero-order chi connectivity index (χ0) is 50.5. The van der Waals surface area contributed by atoms with Crippen LogP contribution in [0.15, 0.2) is 60.7 Å². The number of Topliss-reactive ketones (excluding diaryl/α,β-unsaturated/α-hetero) is 1. The summed E-state index contributed by atoms with van der Waals surface area (Å²) >= 11 is 0. The molecule has 0 bridgehead atoms. The predicted octanol–water partition coefficient (Wildman–Crippen LogP) is 7.61. The van der Waals surface area contributed by atoms with Gasteiger partial charge in [0.05, 0.1) is 12.2 Å². The molecule has 1 unspecified atom stereocenters. The summed E-state index contributed by atoms with van der Waals surface area (Å²) < 4.78 is 2.32. The molecule has 0 N–H and O–H groups in total. The number of nitriles is 1. The minimum absolute atomic E-state index is 0.0145. The molecule has 2 amide bonds. The summed E-state index contributed by atoms with van der Waals surface area (Å²) in [6, 6.07) is 9.33. The van der Waals surface area contributed by atoms with Gasteiger partial charge in [0.1, 0.15) is 31.0 Å². The molecule has 14 nitrogen and oxygen atoms in total. The summed E-state index contributed by atoms with van der Waals surface area (Å²) in [6.45, 7) is 18.7. The van der Waals surface area contributed by atoms with Crippen LogP contribution in [-0.4, -0.2) is 132 Å². The molecule has 5 rings (SSSR count). The van der Waals surface area contributed by atoms with Gasteiger partial charge in [0.2, 0.25) is 6.41 Å². The maximum atomic E-state index is 11.4. The van der Waals surface area contributed by atoms with E-state index in [-0.39, 0.29) is 17.2 Å². The number of rotatable bonds is 19. The number of carbonyl (C=O) groups is 5. The summed E-state index contributed by atoms with van der Waals surface area (Å²) in [5.41, 5.74) is 7.89. The second-order valence-corrected chi connectivity index (χ2v) is 18.2. The predicted molar refractivity (Wildman–Crippen MR) is 273 cm³/mol. The molecular weight excluding hydrogens is 855 g/mol. The molecular formula is C54H75N9O5. The number of amides is 2. The van der Waals surface area contributed by atoms with Crippen LogP contribution in [0.5, 0.6) is 0 Å². The molecule has 2 aliphatic rings. The number of ketones is 1. The van der Waals surface area contributed by atoms with Gasteiger partial charge in [0.25, 0.3) is 11.7 Å². The molecule has 1 saturated heterocycles. The lowest BCUT2D eigenvalue weighted by Gasteiger charge is -2.25. The van der Waals surface area contributed by atoms with Crippen molar-refractivity contribution in [3.8, 4) is 29.2 Å². The Morgan fingerprint density at radius 2 is 1.66 bits per heavy atom. The average molecular weight is 930 g/mol. The number of likely N-dealkylation sites (N-methyl/N-ethyl adjacent to an activating group) is 1. The highest BCUT2D eigenvalue weighted by Gasteiger charge is 2.27. The minimum atomic E-state index is -0.618. The highest BCUT2D eigenvalue weighted by Crippen LogP contribution is 2.39. The van der Waals surface area contributed by atoms with Gasteiger partial charge in [-0.2, -0.15) is 10.4 Å². The molecule has 1 atom stereocenters. The van der Waals surface area contributed by atoms with Crippen LogP contribution >= 0.6 is 0 Å². The molecule has 0 saturated carbocycles. The molecule has 2 aliphatic heterocycles. The molecule has 1 fully saturated rings. The fraction of sp³-hybridized carbons (Fsp3) is 0.500. The van der Waals surface area contributed by atoms with Crippen LogP contribution in [0, 0.1) is 34.5 Å². The molecule has 4 heterocycles. The number of nitrogens with zero attached hydrogens (tertiary/aromatic N) is 9.